The van der Waals surface area contributed by atoms with Crippen molar-refractivity contribution in [2.24, 2.45) is 0 Å². The van der Waals surface area contributed by atoms with E-state index in [9.17, 15) is 27.1 Å². The molecule has 0 fully saturated rings. The lowest BCUT2D eigenvalue weighted by atomic mass is 9.95. The van der Waals surface area contributed by atoms with Crippen LogP contribution in [0.4, 0.5) is 26.3 Å². The molecule has 0 amide bonds. The molecule has 1 radical (unpaired) electrons. The number of hydrogen-bond donors (Lipinski definition) is 0. The molecule has 0 aliphatic heterocycles. The summed E-state index contributed by atoms with van der Waals surface area (Å²) < 4.78 is 85.7. The minimum absolute atomic E-state index is 0.0153. The lowest BCUT2D eigenvalue weighted by Gasteiger charge is -2.13. The molecule has 0 N–H and O–H groups in total. The van der Waals surface area contributed by atoms with Gasteiger partial charge in [-0.05, 0) is 54.5 Å². The predicted molar refractivity (Wildman–Crippen MR) is 111 cm³/mol. The summed E-state index contributed by atoms with van der Waals surface area (Å²) >= 11 is 0. The molecule has 0 saturated heterocycles. The normalized spacial score (nSPS) is 11.3. The number of alkyl halides is 2. The van der Waals surface area contributed by atoms with Crippen LogP contribution in [-0.2, 0) is 24.4 Å². The van der Waals surface area contributed by atoms with E-state index in [1.807, 2.05) is 0 Å². The summed E-state index contributed by atoms with van der Waals surface area (Å²) in [5.41, 5.74) is 0.613. The van der Waals surface area contributed by atoms with Gasteiger partial charge in [-0.1, -0.05) is 37.6 Å². The zero-order chi connectivity index (χ0) is 24.1. The molecule has 175 valence electrons. The van der Waals surface area contributed by atoms with Crippen molar-refractivity contribution < 1.29 is 36.2 Å². The summed E-state index contributed by atoms with van der Waals surface area (Å²) in [6.45, 7) is -1.35. The fourth-order valence-electron chi connectivity index (χ4n) is 3.58. The number of hydrogen-bond acceptors (Lipinski definition) is 1. The van der Waals surface area contributed by atoms with Gasteiger partial charge in [0.1, 0.15) is 11.6 Å². The van der Waals surface area contributed by atoms with Gasteiger partial charge in [0.15, 0.2) is 23.1 Å². The molecular formula is C25H21F6O2. The van der Waals surface area contributed by atoms with Crippen molar-refractivity contribution in [3.05, 3.63) is 82.4 Å². The highest BCUT2D eigenvalue weighted by molar-refractivity contribution is 5.72. The van der Waals surface area contributed by atoms with Gasteiger partial charge < -0.3 is 4.74 Å². The highest BCUT2D eigenvalue weighted by Gasteiger charge is 2.22. The first-order chi connectivity index (χ1) is 15.7. The molecule has 0 aromatic heterocycles. The summed E-state index contributed by atoms with van der Waals surface area (Å²) in [5, 5.41) is 12.3. The van der Waals surface area contributed by atoms with E-state index in [0.717, 1.165) is 37.0 Å². The second kappa shape index (κ2) is 10.6. The Hall–Kier alpha value is -3.16. The lowest BCUT2D eigenvalue weighted by Crippen LogP contribution is -2.07. The maximum absolute atomic E-state index is 15.2. The molecule has 0 unspecified atom stereocenters. The maximum atomic E-state index is 15.2. The average molecular weight is 467 g/mol. The van der Waals surface area contributed by atoms with Crippen molar-refractivity contribution in [3.63, 3.8) is 0 Å². The SMILES string of the molecule is CCCCc1ccc(-c2c([O])cc(F)c(CCc3cc(F)c(OC(F)F)c(F)c3)c2F)cc1. The van der Waals surface area contributed by atoms with Gasteiger partial charge in [0.2, 0.25) is 0 Å². The summed E-state index contributed by atoms with van der Waals surface area (Å²) in [7, 11) is 0. The van der Waals surface area contributed by atoms with Gasteiger partial charge >= 0.3 is 6.61 Å². The molecule has 2 nitrogen and oxygen atoms in total. The zero-order valence-corrected chi connectivity index (χ0v) is 17.7. The van der Waals surface area contributed by atoms with Crippen molar-refractivity contribution in [3.8, 4) is 22.6 Å². The van der Waals surface area contributed by atoms with E-state index in [1.165, 1.54) is 0 Å². The van der Waals surface area contributed by atoms with Gasteiger partial charge in [-0.15, -0.1) is 0 Å². The topological polar surface area (TPSA) is 29.1 Å². The van der Waals surface area contributed by atoms with Crippen LogP contribution in [0.15, 0.2) is 42.5 Å². The third-order valence-corrected chi connectivity index (χ3v) is 5.27. The number of aryl methyl sites for hydroxylation is 2. The molecule has 3 rings (SSSR count). The number of benzene rings is 3. The Labute approximate surface area is 187 Å². The Balaban J connectivity index is 1.86. The van der Waals surface area contributed by atoms with E-state index in [1.54, 1.807) is 24.3 Å². The van der Waals surface area contributed by atoms with Crippen LogP contribution < -0.4 is 4.74 Å². The molecular weight excluding hydrogens is 446 g/mol. The smallest absolute Gasteiger partial charge is 0.387 e. The standard InChI is InChI=1S/C25H21F6O2/c1-2-3-4-14-5-8-16(9-6-14)22-21(32)13-18(26)17(23(22)29)10-7-15-11-19(27)24(20(28)12-15)33-25(30)31/h5-6,8-9,11-13,25H,2-4,7,10H2,1H3. The molecule has 3 aromatic rings. The summed E-state index contributed by atoms with van der Waals surface area (Å²) in [6.07, 6.45) is 2.32. The summed E-state index contributed by atoms with van der Waals surface area (Å²) in [4.78, 5) is 0. The molecule has 33 heavy (non-hydrogen) atoms. The van der Waals surface area contributed by atoms with Crippen molar-refractivity contribution in [1.29, 1.82) is 0 Å². The number of ether oxygens (including phenoxy) is 1. The highest BCUT2D eigenvalue weighted by Crippen LogP contribution is 2.36. The Kier molecular flexibility index (Phi) is 7.89. The fraction of sp³-hybridized carbons (Fsp3) is 0.280. The summed E-state index contributed by atoms with van der Waals surface area (Å²) in [5.74, 6) is -6.87. The lowest BCUT2D eigenvalue weighted by molar-refractivity contribution is -0.0546. The molecule has 0 heterocycles. The Morgan fingerprint density at radius 3 is 2.03 bits per heavy atom. The van der Waals surface area contributed by atoms with Crippen LogP contribution in [0.1, 0.15) is 36.5 Å². The van der Waals surface area contributed by atoms with Crippen molar-refractivity contribution >= 4 is 0 Å². The van der Waals surface area contributed by atoms with Gasteiger partial charge in [0.05, 0.1) is 5.56 Å². The first-order valence-electron chi connectivity index (χ1n) is 10.4. The van der Waals surface area contributed by atoms with Crippen LogP contribution in [0.2, 0.25) is 0 Å². The van der Waals surface area contributed by atoms with Gasteiger partial charge in [0, 0.05) is 11.6 Å². The third-order valence-electron chi connectivity index (χ3n) is 5.27. The van der Waals surface area contributed by atoms with Crippen molar-refractivity contribution in [2.45, 2.75) is 45.6 Å². The van der Waals surface area contributed by atoms with Gasteiger partial charge in [-0.25, -0.2) is 17.6 Å². The van der Waals surface area contributed by atoms with E-state index < -0.39 is 46.9 Å². The zero-order valence-electron chi connectivity index (χ0n) is 17.7. The molecule has 0 aliphatic rings. The number of rotatable bonds is 9. The van der Waals surface area contributed by atoms with Crippen molar-refractivity contribution in [2.75, 3.05) is 0 Å². The quantitative estimate of drug-likeness (QED) is 0.296. The Bertz CT molecular complexity index is 1090. The second-order valence-corrected chi connectivity index (χ2v) is 7.59. The molecule has 0 bridgehead atoms. The minimum atomic E-state index is -3.41. The average Bonchev–Trinajstić information content (AvgIpc) is 2.75. The van der Waals surface area contributed by atoms with E-state index in [4.69, 9.17) is 0 Å². The van der Waals surface area contributed by atoms with Crippen LogP contribution in [-0.4, -0.2) is 6.61 Å². The molecule has 0 spiro atoms. The molecule has 0 saturated carbocycles. The Morgan fingerprint density at radius 1 is 0.818 bits per heavy atom. The van der Waals surface area contributed by atoms with E-state index in [0.29, 0.717) is 11.6 Å². The van der Waals surface area contributed by atoms with Gasteiger partial charge in [0.25, 0.3) is 0 Å². The van der Waals surface area contributed by atoms with E-state index >= 15 is 4.39 Å². The van der Waals surface area contributed by atoms with E-state index in [2.05, 4.69) is 11.7 Å². The van der Waals surface area contributed by atoms with Crippen LogP contribution >= 0.6 is 0 Å². The molecule has 0 atom stereocenters. The molecule has 0 aliphatic carbocycles. The van der Waals surface area contributed by atoms with Crippen LogP contribution in [0.5, 0.6) is 11.5 Å². The first-order valence-corrected chi connectivity index (χ1v) is 10.4. The number of halogens is 6. The highest BCUT2D eigenvalue weighted by atomic mass is 19.3. The van der Waals surface area contributed by atoms with Crippen LogP contribution in [0.25, 0.3) is 11.1 Å². The predicted octanol–water partition coefficient (Wildman–Crippen LogP) is 7.78. The minimum Gasteiger partial charge on any atom is -0.429 e. The van der Waals surface area contributed by atoms with E-state index in [-0.39, 0.29) is 24.0 Å². The molecule has 8 heteroatoms. The monoisotopic (exact) mass is 467 g/mol. The van der Waals surface area contributed by atoms with Gasteiger partial charge in [-0.2, -0.15) is 8.78 Å². The second-order valence-electron chi connectivity index (χ2n) is 7.59. The Morgan fingerprint density at radius 2 is 1.45 bits per heavy atom. The number of unbranched alkanes of at least 4 members (excludes halogenated alkanes) is 1. The fourth-order valence-corrected chi connectivity index (χ4v) is 3.58. The third kappa shape index (κ3) is 5.80. The first kappa shape index (κ1) is 24.5. The van der Waals surface area contributed by atoms with Crippen LogP contribution in [0, 0.1) is 23.3 Å². The van der Waals surface area contributed by atoms with Crippen molar-refractivity contribution in [1.82, 2.24) is 0 Å². The summed E-state index contributed by atoms with van der Waals surface area (Å²) in [6, 6.07) is 8.95. The van der Waals surface area contributed by atoms with Crippen LogP contribution in [0.3, 0.4) is 0 Å². The van der Waals surface area contributed by atoms with Gasteiger partial charge in [-0.3, -0.25) is 5.11 Å². The largest absolute Gasteiger partial charge is 0.429 e. The maximum Gasteiger partial charge on any atom is 0.387 e. The molecule has 3 aromatic carbocycles.